The Morgan fingerprint density at radius 2 is 1.94 bits per heavy atom. The molecule has 1 aliphatic rings. The molecule has 1 saturated heterocycles. The third kappa shape index (κ3) is 2.50. The Kier molecular flexibility index (Phi) is 3.48. The van der Waals surface area contributed by atoms with E-state index in [9.17, 15) is 9.90 Å². The first kappa shape index (κ1) is 12.1. The van der Waals surface area contributed by atoms with Gasteiger partial charge >= 0.3 is 0 Å². The van der Waals surface area contributed by atoms with Crippen LogP contribution in [-0.4, -0.2) is 28.1 Å². The first-order chi connectivity index (χ1) is 8.09. The van der Waals surface area contributed by atoms with Gasteiger partial charge in [-0.3, -0.25) is 4.79 Å². The summed E-state index contributed by atoms with van der Waals surface area (Å²) >= 11 is 0. The van der Waals surface area contributed by atoms with E-state index >= 15 is 0 Å². The molecular formula is C14H19NO2. The highest BCUT2D eigenvalue weighted by Gasteiger charge is 2.36. The highest BCUT2D eigenvalue weighted by atomic mass is 16.3. The number of hydrogen-bond donors (Lipinski definition) is 1. The van der Waals surface area contributed by atoms with E-state index in [-0.39, 0.29) is 17.9 Å². The summed E-state index contributed by atoms with van der Waals surface area (Å²) in [6.07, 6.45) is 0.171. The summed E-state index contributed by atoms with van der Waals surface area (Å²) in [7, 11) is 0. The molecule has 0 unspecified atom stereocenters. The van der Waals surface area contributed by atoms with E-state index < -0.39 is 6.10 Å². The van der Waals surface area contributed by atoms with Crippen molar-refractivity contribution in [2.24, 2.45) is 5.92 Å². The smallest absolute Gasteiger partial charge is 0.228 e. The van der Waals surface area contributed by atoms with Crippen LogP contribution in [0.3, 0.4) is 0 Å². The fraction of sp³-hybridized carbons (Fsp3) is 0.500. The number of likely N-dealkylation sites (tertiary alicyclic amines) is 1. The van der Waals surface area contributed by atoms with E-state index in [1.165, 1.54) is 0 Å². The van der Waals surface area contributed by atoms with Crippen LogP contribution in [0.5, 0.6) is 0 Å². The molecule has 1 aromatic carbocycles. The molecule has 17 heavy (non-hydrogen) atoms. The van der Waals surface area contributed by atoms with Crippen LogP contribution >= 0.6 is 0 Å². The molecule has 3 nitrogen and oxygen atoms in total. The zero-order valence-corrected chi connectivity index (χ0v) is 10.3. The van der Waals surface area contributed by atoms with Crippen molar-refractivity contribution in [2.75, 3.05) is 0 Å². The second kappa shape index (κ2) is 4.88. The second-order valence-corrected chi connectivity index (χ2v) is 4.89. The lowest BCUT2D eigenvalue weighted by molar-refractivity contribution is -0.148. The van der Waals surface area contributed by atoms with E-state index in [0.29, 0.717) is 13.0 Å². The Morgan fingerprint density at radius 3 is 2.59 bits per heavy atom. The lowest BCUT2D eigenvalue weighted by atomic mass is 9.90. The summed E-state index contributed by atoms with van der Waals surface area (Å²) in [6, 6.07) is 10.1. The molecule has 2 rings (SSSR count). The van der Waals surface area contributed by atoms with Gasteiger partial charge < -0.3 is 10.0 Å². The van der Waals surface area contributed by atoms with Gasteiger partial charge in [0.2, 0.25) is 5.91 Å². The van der Waals surface area contributed by atoms with Crippen molar-refractivity contribution in [3.8, 4) is 0 Å². The van der Waals surface area contributed by atoms with E-state index in [1.54, 1.807) is 6.92 Å². The number of amides is 1. The second-order valence-electron chi connectivity index (χ2n) is 4.89. The number of hydrogen-bond acceptors (Lipinski definition) is 2. The first-order valence-corrected chi connectivity index (χ1v) is 6.12. The van der Waals surface area contributed by atoms with Gasteiger partial charge in [-0.25, -0.2) is 0 Å². The summed E-state index contributed by atoms with van der Waals surface area (Å²) in [5.41, 5.74) is 1.14. The number of carbonyl (C=O) groups excluding carboxylic acids is 1. The third-order valence-electron chi connectivity index (χ3n) is 3.56. The molecule has 0 spiro atoms. The SMILES string of the molecule is C[C@@H]1C[C@H](O)[C@@H](C)C(=O)N1Cc1ccccc1. The number of rotatable bonds is 2. The van der Waals surface area contributed by atoms with E-state index in [1.807, 2.05) is 42.2 Å². The molecule has 0 bridgehead atoms. The Hall–Kier alpha value is -1.35. The molecule has 0 aliphatic carbocycles. The molecule has 1 aromatic rings. The largest absolute Gasteiger partial charge is 0.392 e. The van der Waals surface area contributed by atoms with Crippen molar-refractivity contribution >= 4 is 5.91 Å². The van der Waals surface area contributed by atoms with Crippen molar-refractivity contribution in [3.63, 3.8) is 0 Å². The van der Waals surface area contributed by atoms with Crippen molar-refractivity contribution < 1.29 is 9.90 Å². The van der Waals surface area contributed by atoms with Gasteiger partial charge in [0.1, 0.15) is 0 Å². The zero-order valence-electron chi connectivity index (χ0n) is 10.3. The highest BCUT2D eigenvalue weighted by Crippen LogP contribution is 2.25. The molecule has 92 valence electrons. The fourth-order valence-corrected chi connectivity index (χ4v) is 2.34. The Bertz CT molecular complexity index is 390. The molecule has 0 saturated carbocycles. The molecule has 3 heteroatoms. The minimum atomic E-state index is -0.496. The molecule has 1 amide bonds. The van der Waals surface area contributed by atoms with Crippen molar-refractivity contribution in [2.45, 2.75) is 39.0 Å². The number of nitrogens with zero attached hydrogens (tertiary/aromatic N) is 1. The molecule has 1 N–H and O–H groups in total. The molecule has 0 aromatic heterocycles. The molecule has 1 fully saturated rings. The number of aliphatic hydroxyl groups excluding tert-OH is 1. The van der Waals surface area contributed by atoms with Crippen LogP contribution < -0.4 is 0 Å². The molecule has 3 atom stereocenters. The maximum atomic E-state index is 12.1. The predicted molar refractivity (Wildman–Crippen MR) is 66.2 cm³/mol. The quantitative estimate of drug-likeness (QED) is 0.846. The third-order valence-corrected chi connectivity index (χ3v) is 3.56. The van der Waals surface area contributed by atoms with Crippen LogP contribution in [0.4, 0.5) is 0 Å². The lowest BCUT2D eigenvalue weighted by Crippen LogP contribution is -2.51. The van der Waals surface area contributed by atoms with Gasteiger partial charge in [0.05, 0.1) is 12.0 Å². The van der Waals surface area contributed by atoms with Gasteiger partial charge in [0.25, 0.3) is 0 Å². The Labute approximate surface area is 102 Å². The van der Waals surface area contributed by atoms with Crippen LogP contribution in [0.2, 0.25) is 0 Å². The lowest BCUT2D eigenvalue weighted by Gasteiger charge is -2.39. The van der Waals surface area contributed by atoms with Gasteiger partial charge in [-0.15, -0.1) is 0 Å². The summed E-state index contributed by atoms with van der Waals surface area (Å²) in [5.74, 6) is -0.227. The van der Waals surface area contributed by atoms with Crippen LogP contribution in [0, 0.1) is 5.92 Å². The summed E-state index contributed by atoms with van der Waals surface area (Å²) < 4.78 is 0. The normalized spacial score (nSPS) is 29.5. The van der Waals surface area contributed by atoms with Gasteiger partial charge in [0.15, 0.2) is 0 Å². The van der Waals surface area contributed by atoms with Crippen LogP contribution in [0.15, 0.2) is 30.3 Å². The van der Waals surface area contributed by atoms with Crippen molar-refractivity contribution in [1.29, 1.82) is 0 Å². The predicted octanol–water partition coefficient (Wildman–Crippen LogP) is 1.80. The minimum absolute atomic E-state index is 0.0557. The number of benzene rings is 1. The minimum Gasteiger partial charge on any atom is -0.392 e. The monoisotopic (exact) mass is 233 g/mol. The van der Waals surface area contributed by atoms with Crippen LogP contribution in [0.1, 0.15) is 25.8 Å². The standard InChI is InChI=1S/C14H19NO2/c1-10-8-13(16)11(2)14(17)15(10)9-12-6-4-3-5-7-12/h3-7,10-11,13,16H,8-9H2,1-2H3/t10-,11-,13+/m1/s1. The summed E-state index contributed by atoms with van der Waals surface area (Å²) in [5, 5.41) is 9.75. The number of piperidine rings is 1. The molecule has 1 aliphatic heterocycles. The molecule has 1 heterocycles. The molecule has 0 radical (unpaired) electrons. The summed E-state index contributed by atoms with van der Waals surface area (Å²) in [6.45, 7) is 4.44. The van der Waals surface area contributed by atoms with Gasteiger partial charge in [-0.1, -0.05) is 37.3 Å². The average molecular weight is 233 g/mol. The maximum absolute atomic E-state index is 12.1. The van der Waals surface area contributed by atoms with Crippen LogP contribution in [0.25, 0.3) is 0 Å². The van der Waals surface area contributed by atoms with Crippen molar-refractivity contribution in [3.05, 3.63) is 35.9 Å². The van der Waals surface area contributed by atoms with E-state index in [2.05, 4.69) is 0 Å². The number of aliphatic hydroxyl groups is 1. The van der Waals surface area contributed by atoms with Gasteiger partial charge in [0, 0.05) is 12.6 Å². The maximum Gasteiger partial charge on any atom is 0.228 e. The topological polar surface area (TPSA) is 40.5 Å². The fourth-order valence-electron chi connectivity index (χ4n) is 2.34. The van der Waals surface area contributed by atoms with E-state index in [0.717, 1.165) is 5.56 Å². The van der Waals surface area contributed by atoms with Gasteiger partial charge in [-0.2, -0.15) is 0 Å². The zero-order chi connectivity index (χ0) is 12.4. The Balaban J connectivity index is 2.12. The average Bonchev–Trinajstić information content (AvgIpc) is 2.33. The first-order valence-electron chi connectivity index (χ1n) is 6.12. The van der Waals surface area contributed by atoms with Gasteiger partial charge in [-0.05, 0) is 18.9 Å². The summed E-state index contributed by atoms with van der Waals surface area (Å²) in [4.78, 5) is 14.0. The van der Waals surface area contributed by atoms with E-state index in [4.69, 9.17) is 0 Å². The van der Waals surface area contributed by atoms with Crippen molar-refractivity contribution in [1.82, 2.24) is 4.90 Å². The molecular weight excluding hydrogens is 214 g/mol. The number of carbonyl (C=O) groups is 1. The Morgan fingerprint density at radius 1 is 1.29 bits per heavy atom. The van der Waals surface area contributed by atoms with Crippen LogP contribution in [-0.2, 0) is 11.3 Å². The highest BCUT2D eigenvalue weighted by molar-refractivity contribution is 5.80.